The van der Waals surface area contributed by atoms with Gasteiger partial charge in [0.1, 0.15) is 11.5 Å². The first kappa shape index (κ1) is 26.5. The summed E-state index contributed by atoms with van der Waals surface area (Å²) in [6, 6.07) is 2.27. The van der Waals surface area contributed by atoms with Gasteiger partial charge in [0, 0.05) is 44.2 Å². The van der Waals surface area contributed by atoms with Gasteiger partial charge in [-0.2, -0.15) is 26.3 Å². The Morgan fingerprint density at radius 2 is 1.75 bits per heavy atom. The first-order chi connectivity index (χ1) is 16.9. The van der Waals surface area contributed by atoms with E-state index in [1.807, 2.05) is 0 Å². The fourth-order valence-electron chi connectivity index (χ4n) is 5.10. The number of amides is 1. The minimum Gasteiger partial charge on any atom is -0.351 e. The number of nitrogens with one attached hydrogen (secondary N) is 1. The van der Waals surface area contributed by atoms with Crippen LogP contribution in [0, 0.1) is 0 Å². The molecular weight excluding hydrogens is 486 g/mol. The van der Waals surface area contributed by atoms with Crippen LogP contribution in [0.4, 0.5) is 26.3 Å². The molecule has 198 valence electrons. The van der Waals surface area contributed by atoms with Crippen molar-refractivity contribution in [1.82, 2.24) is 19.8 Å². The fraction of sp³-hybridized carbons (Fsp3) is 0.600. The largest absolute Gasteiger partial charge is 0.416 e. The van der Waals surface area contributed by atoms with Crippen molar-refractivity contribution in [1.29, 1.82) is 0 Å². The number of hydrogen-bond acceptors (Lipinski definition) is 3. The number of benzene rings is 1. The van der Waals surface area contributed by atoms with Crippen molar-refractivity contribution >= 4 is 5.91 Å². The van der Waals surface area contributed by atoms with Crippen LogP contribution in [0.2, 0.25) is 0 Å². The summed E-state index contributed by atoms with van der Waals surface area (Å²) in [4.78, 5) is 19.4. The van der Waals surface area contributed by atoms with Gasteiger partial charge in [0.2, 0.25) is 0 Å². The normalized spacial score (nSPS) is 21.3. The molecule has 0 bridgehead atoms. The molecule has 11 heteroatoms. The third-order valence-electron chi connectivity index (χ3n) is 7.15. The maximum absolute atomic E-state index is 13.3. The van der Waals surface area contributed by atoms with Gasteiger partial charge < -0.3 is 14.8 Å². The summed E-state index contributed by atoms with van der Waals surface area (Å²) in [5, 5.41) is 2.86. The molecule has 2 aromatic rings. The first-order valence-electron chi connectivity index (χ1n) is 12.3. The Balaban J connectivity index is 1.40. The molecule has 2 aliphatic heterocycles. The molecule has 1 fully saturated rings. The van der Waals surface area contributed by atoms with Gasteiger partial charge in [-0.15, -0.1) is 0 Å². The van der Waals surface area contributed by atoms with Crippen LogP contribution in [-0.2, 0) is 25.3 Å². The van der Waals surface area contributed by atoms with Gasteiger partial charge >= 0.3 is 12.4 Å². The number of aryl methyl sites for hydroxylation is 1. The van der Waals surface area contributed by atoms with Gasteiger partial charge in [-0.3, -0.25) is 4.79 Å². The molecule has 0 spiro atoms. The number of fused-ring (bicyclic) bond motifs is 1. The van der Waals surface area contributed by atoms with Gasteiger partial charge in [0.15, 0.2) is 0 Å². The highest BCUT2D eigenvalue weighted by atomic mass is 19.4. The predicted octanol–water partition coefficient (Wildman–Crippen LogP) is 5.65. The Kier molecular flexibility index (Phi) is 7.68. The van der Waals surface area contributed by atoms with Crippen LogP contribution in [0.15, 0.2) is 24.4 Å². The molecule has 0 saturated carbocycles. The molecule has 1 aromatic carbocycles. The highest BCUT2D eigenvalue weighted by molar-refractivity contribution is 5.92. The zero-order valence-corrected chi connectivity index (χ0v) is 20.1. The van der Waals surface area contributed by atoms with Crippen molar-refractivity contribution in [3.8, 4) is 0 Å². The van der Waals surface area contributed by atoms with Crippen LogP contribution in [-0.4, -0.2) is 46.0 Å². The predicted molar refractivity (Wildman–Crippen MR) is 122 cm³/mol. The Morgan fingerprint density at radius 3 is 2.39 bits per heavy atom. The lowest BCUT2D eigenvalue weighted by molar-refractivity contribution is -0.143. The van der Waals surface area contributed by atoms with E-state index >= 15 is 0 Å². The maximum Gasteiger partial charge on any atom is 0.416 e. The molecule has 5 nitrogen and oxygen atoms in total. The number of carbonyl (C=O) groups is 1. The van der Waals surface area contributed by atoms with Crippen molar-refractivity contribution in [3.63, 3.8) is 0 Å². The number of rotatable bonds is 6. The number of carbonyl (C=O) groups excluding carboxylic acids is 1. The summed E-state index contributed by atoms with van der Waals surface area (Å²) < 4.78 is 81.2. The molecule has 0 unspecified atom stereocenters. The molecule has 3 heterocycles. The van der Waals surface area contributed by atoms with E-state index in [2.05, 4.69) is 22.1 Å². The van der Waals surface area contributed by atoms with Crippen LogP contribution in [0.3, 0.4) is 0 Å². The van der Waals surface area contributed by atoms with Crippen LogP contribution in [0.5, 0.6) is 0 Å². The topological polar surface area (TPSA) is 50.2 Å². The van der Waals surface area contributed by atoms with Gasteiger partial charge in [-0.25, -0.2) is 4.98 Å². The van der Waals surface area contributed by atoms with Gasteiger partial charge in [0.25, 0.3) is 5.91 Å². The lowest BCUT2D eigenvalue weighted by atomic mass is 9.89. The summed E-state index contributed by atoms with van der Waals surface area (Å²) in [6.45, 7) is 4.84. The molecule has 2 aliphatic rings. The second kappa shape index (κ2) is 10.4. The number of imidazole rings is 1. The molecule has 36 heavy (non-hydrogen) atoms. The molecule has 1 amide bonds. The minimum absolute atomic E-state index is 0.0190. The van der Waals surface area contributed by atoms with Crippen molar-refractivity contribution < 1.29 is 31.1 Å². The molecule has 4 rings (SSSR count). The lowest BCUT2D eigenvalue weighted by Crippen LogP contribution is -2.39. The second-order valence-electron chi connectivity index (χ2n) is 9.76. The van der Waals surface area contributed by atoms with Crippen LogP contribution in [0.25, 0.3) is 0 Å². The van der Waals surface area contributed by atoms with Crippen molar-refractivity contribution in [2.24, 2.45) is 0 Å². The Labute approximate surface area is 205 Å². The lowest BCUT2D eigenvalue weighted by Gasteiger charge is -2.33. The average Bonchev–Trinajstić information content (AvgIpc) is 3.25. The summed E-state index contributed by atoms with van der Waals surface area (Å²) in [7, 11) is 0. The summed E-state index contributed by atoms with van der Waals surface area (Å²) in [5.41, 5.74) is -2.45. The third-order valence-corrected chi connectivity index (χ3v) is 7.15. The van der Waals surface area contributed by atoms with Crippen LogP contribution >= 0.6 is 0 Å². The molecule has 1 N–H and O–H groups in total. The van der Waals surface area contributed by atoms with E-state index in [1.54, 1.807) is 4.57 Å². The summed E-state index contributed by atoms with van der Waals surface area (Å²) >= 11 is 0. The quantitative estimate of drug-likeness (QED) is 0.399. The molecule has 1 saturated heterocycles. The average molecular weight is 517 g/mol. The van der Waals surface area contributed by atoms with E-state index in [-0.39, 0.29) is 29.8 Å². The SMILES string of the molecule is C[C@@H]1CCCCN1CCCNC(=O)c1cn2c(n1)CC[C@H](c1cc(C(F)(F)F)cc(C(F)(F)F)c1)C2. The molecule has 0 radical (unpaired) electrons. The number of likely N-dealkylation sites (tertiary alicyclic amines) is 1. The first-order valence-corrected chi connectivity index (χ1v) is 12.3. The number of piperidine rings is 1. The molecule has 1 aromatic heterocycles. The van der Waals surface area contributed by atoms with Gasteiger partial charge in [-0.1, -0.05) is 6.42 Å². The van der Waals surface area contributed by atoms with Gasteiger partial charge in [-0.05, 0) is 62.9 Å². The zero-order chi connectivity index (χ0) is 26.1. The maximum atomic E-state index is 13.3. The monoisotopic (exact) mass is 516 g/mol. The minimum atomic E-state index is -4.89. The highest BCUT2D eigenvalue weighted by Gasteiger charge is 2.38. The van der Waals surface area contributed by atoms with E-state index in [9.17, 15) is 31.1 Å². The Hall–Kier alpha value is -2.56. The van der Waals surface area contributed by atoms with Crippen molar-refractivity contribution in [2.45, 2.75) is 76.3 Å². The van der Waals surface area contributed by atoms with E-state index < -0.39 is 29.4 Å². The van der Waals surface area contributed by atoms with Crippen LogP contribution < -0.4 is 5.32 Å². The third kappa shape index (κ3) is 6.22. The summed E-state index contributed by atoms with van der Waals surface area (Å²) in [5.74, 6) is -0.294. The van der Waals surface area contributed by atoms with E-state index in [4.69, 9.17) is 0 Å². The number of alkyl halides is 6. The van der Waals surface area contributed by atoms with E-state index in [1.165, 1.54) is 25.5 Å². The number of hydrogen-bond donors (Lipinski definition) is 1. The number of nitrogens with zero attached hydrogens (tertiary/aromatic N) is 3. The molecule has 0 aliphatic carbocycles. The van der Waals surface area contributed by atoms with Crippen LogP contribution in [0.1, 0.15) is 77.9 Å². The fourth-order valence-corrected chi connectivity index (χ4v) is 5.10. The smallest absolute Gasteiger partial charge is 0.351 e. The molecule has 2 atom stereocenters. The number of halogens is 6. The Bertz CT molecular complexity index is 1050. The standard InChI is InChI=1S/C25H30F6N4O/c1-16-5-2-3-9-34(16)10-4-8-32-23(36)21-15-35-14-17(6-7-22(35)33-21)18-11-19(24(26,27)28)13-20(12-18)25(29,30)31/h11-13,15-17H,2-10,14H2,1H3,(H,32,36)/t16-,17+/m1/s1. The van der Waals surface area contributed by atoms with Crippen molar-refractivity contribution in [2.75, 3.05) is 19.6 Å². The number of aromatic nitrogens is 2. The van der Waals surface area contributed by atoms with Gasteiger partial charge in [0.05, 0.1) is 11.1 Å². The summed E-state index contributed by atoms with van der Waals surface area (Å²) in [6.07, 6.45) is -3.12. The Morgan fingerprint density at radius 1 is 1.06 bits per heavy atom. The second-order valence-corrected chi connectivity index (χ2v) is 9.76. The van der Waals surface area contributed by atoms with E-state index in [0.29, 0.717) is 31.3 Å². The zero-order valence-electron chi connectivity index (χ0n) is 20.1. The van der Waals surface area contributed by atoms with Crippen molar-refractivity contribution in [3.05, 3.63) is 52.6 Å². The molecular formula is C25H30F6N4O. The highest BCUT2D eigenvalue weighted by Crippen LogP contribution is 2.39. The van der Waals surface area contributed by atoms with E-state index in [0.717, 1.165) is 31.6 Å².